The summed E-state index contributed by atoms with van der Waals surface area (Å²) in [6.45, 7) is 1.95. The van der Waals surface area contributed by atoms with Gasteiger partial charge in [0.2, 0.25) is 0 Å². The molecule has 2 N–H and O–H groups in total. The van der Waals surface area contributed by atoms with Crippen molar-refractivity contribution in [1.29, 1.82) is 0 Å². The van der Waals surface area contributed by atoms with Crippen molar-refractivity contribution in [3.8, 4) is 0 Å². The van der Waals surface area contributed by atoms with Gasteiger partial charge >= 0.3 is 0 Å². The van der Waals surface area contributed by atoms with Crippen LogP contribution < -0.4 is 5.73 Å². The van der Waals surface area contributed by atoms with Gasteiger partial charge in [0.1, 0.15) is 0 Å². The number of rotatable bonds is 2. The molecule has 0 radical (unpaired) electrons. The van der Waals surface area contributed by atoms with Crippen LogP contribution in [0.25, 0.3) is 0 Å². The molecule has 1 aliphatic carbocycles. The molecule has 1 aromatic rings. The first-order valence-electron chi connectivity index (χ1n) is 5.54. The van der Waals surface area contributed by atoms with Crippen molar-refractivity contribution in [2.45, 2.75) is 44.8 Å². The zero-order valence-corrected chi connectivity index (χ0v) is 9.44. The minimum atomic E-state index is 0.440. The highest BCUT2D eigenvalue weighted by Gasteiger charge is 2.22. The minimum Gasteiger partial charge on any atom is -0.396 e. The molecule has 0 atom stereocenters. The number of nitrogens with zero attached hydrogens (tertiary/aromatic N) is 2. The molecule has 1 fully saturated rings. The second-order valence-corrected chi connectivity index (χ2v) is 4.32. The van der Waals surface area contributed by atoms with Gasteiger partial charge in [0.25, 0.3) is 0 Å². The van der Waals surface area contributed by atoms with Crippen LogP contribution in [0.3, 0.4) is 0 Å². The summed E-state index contributed by atoms with van der Waals surface area (Å²) >= 11 is 0. The first-order valence-corrected chi connectivity index (χ1v) is 5.54. The zero-order valence-electron chi connectivity index (χ0n) is 9.44. The molecule has 0 saturated heterocycles. The average Bonchev–Trinajstić information content (AvgIpc) is 2.59. The zero-order chi connectivity index (χ0) is 10.8. The molecule has 2 rings (SSSR count). The first-order chi connectivity index (χ1) is 7.20. The van der Waals surface area contributed by atoms with Gasteiger partial charge in [-0.1, -0.05) is 0 Å². The maximum Gasteiger partial charge on any atom is 0.0823 e. The summed E-state index contributed by atoms with van der Waals surface area (Å²) in [7, 11) is 1.79. The van der Waals surface area contributed by atoms with Crippen molar-refractivity contribution >= 4 is 5.69 Å². The first kappa shape index (κ1) is 10.5. The lowest BCUT2D eigenvalue weighted by Gasteiger charge is -2.27. The van der Waals surface area contributed by atoms with Gasteiger partial charge in [0.15, 0.2) is 0 Å². The number of anilines is 1. The lowest BCUT2D eigenvalue weighted by Crippen LogP contribution is -2.23. The van der Waals surface area contributed by atoms with E-state index in [-0.39, 0.29) is 0 Å². The smallest absolute Gasteiger partial charge is 0.0823 e. The van der Waals surface area contributed by atoms with E-state index >= 15 is 0 Å². The summed E-state index contributed by atoms with van der Waals surface area (Å²) in [4.78, 5) is 0. The summed E-state index contributed by atoms with van der Waals surface area (Å²) in [6, 6.07) is 0.507. The van der Waals surface area contributed by atoms with E-state index in [4.69, 9.17) is 10.5 Å². The number of methoxy groups -OCH3 is 1. The van der Waals surface area contributed by atoms with Crippen molar-refractivity contribution in [2.24, 2.45) is 0 Å². The normalized spacial score (nSPS) is 26.8. The van der Waals surface area contributed by atoms with Gasteiger partial charge in [-0.3, -0.25) is 4.68 Å². The average molecular weight is 209 g/mol. The molecule has 4 nitrogen and oxygen atoms in total. The van der Waals surface area contributed by atoms with Gasteiger partial charge in [0, 0.05) is 13.3 Å². The quantitative estimate of drug-likeness (QED) is 0.809. The summed E-state index contributed by atoms with van der Waals surface area (Å²) in [6.07, 6.45) is 6.92. The Kier molecular flexibility index (Phi) is 2.95. The Bertz CT molecular complexity index is 307. The van der Waals surface area contributed by atoms with Gasteiger partial charge in [-0.2, -0.15) is 5.10 Å². The molecule has 0 unspecified atom stereocenters. The van der Waals surface area contributed by atoms with Crippen molar-refractivity contribution in [1.82, 2.24) is 9.78 Å². The molecule has 1 saturated carbocycles. The maximum atomic E-state index is 5.79. The fraction of sp³-hybridized carbons (Fsp3) is 0.727. The van der Waals surface area contributed by atoms with E-state index in [9.17, 15) is 0 Å². The number of ether oxygens (including phenoxy) is 1. The lowest BCUT2D eigenvalue weighted by atomic mass is 9.93. The van der Waals surface area contributed by atoms with Crippen LogP contribution >= 0.6 is 0 Å². The summed E-state index contributed by atoms with van der Waals surface area (Å²) in [5.41, 5.74) is 7.52. The van der Waals surface area contributed by atoms with Gasteiger partial charge in [-0.25, -0.2) is 0 Å². The predicted octanol–water partition coefficient (Wildman–Crippen LogP) is 1.90. The van der Waals surface area contributed by atoms with E-state index in [1.54, 1.807) is 7.11 Å². The molecule has 1 aliphatic rings. The fourth-order valence-corrected chi connectivity index (χ4v) is 2.23. The van der Waals surface area contributed by atoms with Gasteiger partial charge in [0.05, 0.1) is 23.5 Å². The number of nitrogen functional groups attached to an aromatic ring is 1. The Morgan fingerprint density at radius 1 is 1.40 bits per heavy atom. The molecule has 1 aromatic heterocycles. The van der Waals surface area contributed by atoms with E-state index in [1.807, 2.05) is 17.8 Å². The third-order valence-corrected chi connectivity index (χ3v) is 3.31. The number of aromatic nitrogens is 2. The molecule has 0 amide bonds. The number of hydrogen-bond donors (Lipinski definition) is 1. The maximum absolute atomic E-state index is 5.79. The Morgan fingerprint density at radius 3 is 2.53 bits per heavy atom. The molecule has 4 heteroatoms. The topological polar surface area (TPSA) is 53.1 Å². The Morgan fingerprint density at radius 2 is 2.07 bits per heavy atom. The van der Waals surface area contributed by atoms with Gasteiger partial charge in [-0.15, -0.1) is 0 Å². The summed E-state index contributed by atoms with van der Waals surface area (Å²) < 4.78 is 7.37. The Balaban J connectivity index is 2.01. The van der Waals surface area contributed by atoms with Crippen LogP contribution in [0.4, 0.5) is 5.69 Å². The predicted molar refractivity (Wildman–Crippen MR) is 59.7 cm³/mol. The van der Waals surface area contributed by atoms with Crippen molar-refractivity contribution in [2.75, 3.05) is 12.8 Å². The van der Waals surface area contributed by atoms with E-state index in [2.05, 4.69) is 5.10 Å². The van der Waals surface area contributed by atoms with Crippen molar-refractivity contribution in [3.05, 3.63) is 11.9 Å². The van der Waals surface area contributed by atoms with E-state index in [1.165, 1.54) is 0 Å². The monoisotopic (exact) mass is 209 g/mol. The highest BCUT2D eigenvalue weighted by atomic mass is 16.5. The standard InChI is InChI=1S/C11H19N3O/c1-8-11(12)7-14(13-8)9-3-5-10(15-2)6-4-9/h7,9-10H,3-6,12H2,1-2H3. The number of hydrogen-bond acceptors (Lipinski definition) is 3. The van der Waals surface area contributed by atoms with Crippen LogP contribution in [0, 0.1) is 6.92 Å². The summed E-state index contributed by atoms with van der Waals surface area (Å²) in [5, 5.41) is 4.44. The third kappa shape index (κ3) is 2.15. The second kappa shape index (κ2) is 4.23. The van der Waals surface area contributed by atoms with E-state index < -0.39 is 0 Å². The van der Waals surface area contributed by atoms with Gasteiger partial charge in [-0.05, 0) is 32.6 Å². The van der Waals surface area contributed by atoms with Crippen LogP contribution in [0.2, 0.25) is 0 Å². The van der Waals surface area contributed by atoms with Crippen LogP contribution in [-0.2, 0) is 4.74 Å². The molecule has 84 valence electrons. The van der Waals surface area contributed by atoms with Crippen molar-refractivity contribution < 1.29 is 4.74 Å². The second-order valence-electron chi connectivity index (χ2n) is 4.32. The Hall–Kier alpha value is -1.03. The molecule has 15 heavy (non-hydrogen) atoms. The lowest BCUT2D eigenvalue weighted by molar-refractivity contribution is 0.0568. The minimum absolute atomic E-state index is 0.440. The number of aryl methyl sites for hydroxylation is 1. The van der Waals surface area contributed by atoms with Crippen molar-refractivity contribution in [3.63, 3.8) is 0 Å². The molecule has 0 aliphatic heterocycles. The van der Waals surface area contributed by atoms with E-state index in [0.29, 0.717) is 12.1 Å². The fourth-order valence-electron chi connectivity index (χ4n) is 2.23. The molecule has 0 spiro atoms. The highest BCUT2D eigenvalue weighted by molar-refractivity contribution is 5.39. The molecule has 0 aromatic carbocycles. The third-order valence-electron chi connectivity index (χ3n) is 3.31. The molecule has 1 heterocycles. The van der Waals surface area contributed by atoms with Crippen LogP contribution in [0.15, 0.2) is 6.20 Å². The summed E-state index contributed by atoms with van der Waals surface area (Å²) in [5.74, 6) is 0. The SMILES string of the molecule is COC1CCC(n2cc(N)c(C)n2)CC1. The van der Waals surface area contributed by atoms with Crippen LogP contribution in [0.5, 0.6) is 0 Å². The number of nitrogens with two attached hydrogens (primary N) is 1. The van der Waals surface area contributed by atoms with E-state index in [0.717, 1.165) is 37.1 Å². The highest BCUT2D eigenvalue weighted by Crippen LogP contribution is 2.30. The molecule has 0 bridgehead atoms. The van der Waals surface area contributed by atoms with Gasteiger partial charge < -0.3 is 10.5 Å². The van der Waals surface area contributed by atoms with Crippen LogP contribution in [-0.4, -0.2) is 23.0 Å². The largest absolute Gasteiger partial charge is 0.396 e. The molecular weight excluding hydrogens is 190 g/mol. The molecular formula is C11H19N3O. The Labute approximate surface area is 90.4 Å². The van der Waals surface area contributed by atoms with Crippen LogP contribution in [0.1, 0.15) is 37.4 Å².